The van der Waals surface area contributed by atoms with Crippen molar-refractivity contribution in [3.05, 3.63) is 72.4 Å². The molecule has 4 rings (SSSR count). The van der Waals surface area contributed by atoms with E-state index in [1.54, 1.807) is 18.4 Å². The number of methoxy groups -OCH3 is 1. The van der Waals surface area contributed by atoms with Crippen LogP contribution in [0.1, 0.15) is 5.69 Å². The standard InChI is InChI=1S/C23H20N4O2S2/c1-15-22(31-23(24-15)17-10-6-7-11-19(17)29-2)18-12-13-21(27-26-18)30-14-20(28)25-16-8-4-3-5-9-16/h3-13H,14H2,1-2H3,(H,25,28). The summed E-state index contributed by atoms with van der Waals surface area (Å²) in [6.45, 7) is 1.96. The maximum Gasteiger partial charge on any atom is 0.234 e. The van der Waals surface area contributed by atoms with Gasteiger partial charge in [-0.3, -0.25) is 4.79 Å². The normalized spacial score (nSPS) is 10.6. The van der Waals surface area contributed by atoms with Crippen LogP contribution in [0.15, 0.2) is 71.8 Å². The van der Waals surface area contributed by atoms with Gasteiger partial charge in [0.05, 0.1) is 29.0 Å². The SMILES string of the molecule is COc1ccccc1-c1nc(C)c(-c2ccc(SCC(=O)Nc3ccccc3)nn2)s1. The maximum atomic E-state index is 12.1. The first-order chi connectivity index (χ1) is 15.1. The summed E-state index contributed by atoms with van der Waals surface area (Å²) in [5.74, 6) is 0.969. The summed E-state index contributed by atoms with van der Waals surface area (Å²) in [5, 5.41) is 13.1. The molecule has 0 unspecified atom stereocenters. The largest absolute Gasteiger partial charge is 0.496 e. The molecule has 0 spiro atoms. The number of carbonyl (C=O) groups excluding carboxylic acids is 1. The van der Waals surface area contributed by atoms with Crippen molar-refractivity contribution in [2.45, 2.75) is 11.9 Å². The summed E-state index contributed by atoms with van der Waals surface area (Å²) in [6.07, 6.45) is 0. The highest BCUT2D eigenvalue weighted by Crippen LogP contribution is 2.38. The van der Waals surface area contributed by atoms with Gasteiger partial charge >= 0.3 is 0 Å². The highest BCUT2D eigenvalue weighted by Gasteiger charge is 2.15. The van der Waals surface area contributed by atoms with Gasteiger partial charge in [0.1, 0.15) is 21.5 Å². The van der Waals surface area contributed by atoms with Crippen molar-refractivity contribution in [3.8, 4) is 26.9 Å². The third-order valence-corrected chi connectivity index (χ3v) is 6.55. The number of anilines is 1. The van der Waals surface area contributed by atoms with Gasteiger partial charge in [-0.1, -0.05) is 42.1 Å². The van der Waals surface area contributed by atoms with Gasteiger partial charge in [0.25, 0.3) is 0 Å². The Bertz CT molecular complexity index is 1180. The molecule has 2 aromatic heterocycles. The maximum absolute atomic E-state index is 12.1. The molecule has 0 saturated carbocycles. The molecular formula is C23H20N4O2S2. The molecule has 31 heavy (non-hydrogen) atoms. The van der Waals surface area contributed by atoms with Crippen molar-refractivity contribution >= 4 is 34.7 Å². The second-order valence-corrected chi connectivity index (χ2v) is 8.59. The Hall–Kier alpha value is -3.23. The summed E-state index contributed by atoms with van der Waals surface area (Å²) < 4.78 is 5.46. The van der Waals surface area contributed by atoms with Crippen LogP contribution in [0.2, 0.25) is 0 Å². The van der Waals surface area contributed by atoms with Gasteiger partial charge < -0.3 is 10.1 Å². The van der Waals surface area contributed by atoms with Gasteiger partial charge in [0.2, 0.25) is 5.91 Å². The Morgan fingerprint density at radius 1 is 1.03 bits per heavy atom. The number of aryl methyl sites for hydroxylation is 1. The Balaban J connectivity index is 1.44. The molecule has 156 valence electrons. The van der Waals surface area contributed by atoms with Crippen LogP contribution in [0.4, 0.5) is 5.69 Å². The Kier molecular flexibility index (Phi) is 6.59. The second kappa shape index (κ2) is 9.72. The summed E-state index contributed by atoms with van der Waals surface area (Å²) in [7, 11) is 1.65. The first-order valence-electron chi connectivity index (χ1n) is 9.56. The number of carbonyl (C=O) groups is 1. The smallest absolute Gasteiger partial charge is 0.234 e. The Morgan fingerprint density at radius 2 is 1.81 bits per heavy atom. The lowest BCUT2D eigenvalue weighted by Crippen LogP contribution is -2.13. The minimum absolute atomic E-state index is 0.0816. The highest BCUT2D eigenvalue weighted by atomic mass is 32.2. The van der Waals surface area contributed by atoms with Crippen molar-refractivity contribution in [3.63, 3.8) is 0 Å². The van der Waals surface area contributed by atoms with Crippen LogP contribution in [-0.2, 0) is 4.79 Å². The molecule has 6 nitrogen and oxygen atoms in total. The predicted octanol–water partition coefficient (Wildman–Crippen LogP) is 5.31. The predicted molar refractivity (Wildman–Crippen MR) is 126 cm³/mol. The van der Waals surface area contributed by atoms with Gasteiger partial charge in [-0.2, -0.15) is 0 Å². The quantitative estimate of drug-likeness (QED) is 0.386. The molecule has 0 aliphatic carbocycles. The number of thiazole rings is 1. The Labute approximate surface area is 188 Å². The molecule has 4 aromatic rings. The van der Waals surface area contributed by atoms with E-state index in [0.29, 0.717) is 5.03 Å². The lowest BCUT2D eigenvalue weighted by Gasteiger charge is -2.05. The monoisotopic (exact) mass is 448 g/mol. The van der Waals surface area contributed by atoms with Crippen molar-refractivity contribution in [2.75, 3.05) is 18.2 Å². The number of rotatable bonds is 7. The zero-order valence-electron chi connectivity index (χ0n) is 17.0. The van der Waals surface area contributed by atoms with Crippen LogP contribution in [0.25, 0.3) is 21.1 Å². The van der Waals surface area contributed by atoms with Crippen molar-refractivity contribution in [1.82, 2.24) is 15.2 Å². The van der Waals surface area contributed by atoms with Crippen LogP contribution < -0.4 is 10.1 Å². The van der Waals surface area contributed by atoms with Crippen molar-refractivity contribution < 1.29 is 9.53 Å². The first-order valence-corrected chi connectivity index (χ1v) is 11.4. The number of ether oxygens (including phenoxy) is 1. The number of hydrogen-bond acceptors (Lipinski definition) is 7. The van der Waals surface area contributed by atoms with Crippen LogP contribution in [-0.4, -0.2) is 34.0 Å². The van der Waals surface area contributed by atoms with Crippen LogP contribution in [0, 0.1) is 6.92 Å². The molecule has 0 bridgehead atoms. The molecule has 1 amide bonds. The molecule has 2 aromatic carbocycles. The molecule has 0 aliphatic rings. The van der Waals surface area contributed by atoms with E-state index in [2.05, 4.69) is 15.5 Å². The number of aromatic nitrogens is 3. The zero-order chi connectivity index (χ0) is 21.6. The van der Waals surface area contributed by atoms with E-state index < -0.39 is 0 Å². The fraction of sp³-hybridized carbons (Fsp3) is 0.130. The number of hydrogen-bond donors (Lipinski definition) is 1. The summed E-state index contributed by atoms with van der Waals surface area (Å²) in [4.78, 5) is 17.8. The van der Waals surface area contributed by atoms with Gasteiger partial charge in [-0.25, -0.2) is 4.98 Å². The lowest BCUT2D eigenvalue weighted by molar-refractivity contribution is -0.113. The third-order valence-electron chi connectivity index (χ3n) is 4.42. The van der Waals surface area contributed by atoms with E-state index in [1.807, 2.05) is 73.7 Å². The van der Waals surface area contributed by atoms with E-state index >= 15 is 0 Å². The van der Waals surface area contributed by atoms with E-state index in [1.165, 1.54) is 11.8 Å². The summed E-state index contributed by atoms with van der Waals surface area (Å²) in [6, 6.07) is 21.0. The molecular weight excluding hydrogens is 428 g/mol. The summed E-state index contributed by atoms with van der Waals surface area (Å²) >= 11 is 2.90. The number of amides is 1. The molecule has 0 aliphatic heterocycles. The van der Waals surface area contributed by atoms with E-state index in [-0.39, 0.29) is 11.7 Å². The van der Waals surface area contributed by atoms with Crippen molar-refractivity contribution in [1.29, 1.82) is 0 Å². The molecule has 0 saturated heterocycles. The molecule has 0 radical (unpaired) electrons. The van der Waals surface area contributed by atoms with E-state index in [4.69, 9.17) is 9.72 Å². The summed E-state index contributed by atoms with van der Waals surface area (Å²) in [5.41, 5.74) is 3.38. The number of nitrogens with zero attached hydrogens (tertiary/aromatic N) is 3. The van der Waals surface area contributed by atoms with Crippen LogP contribution >= 0.6 is 23.1 Å². The third kappa shape index (κ3) is 5.10. The minimum Gasteiger partial charge on any atom is -0.496 e. The molecule has 0 fully saturated rings. The molecule has 2 heterocycles. The first kappa shape index (κ1) is 21.0. The van der Waals surface area contributed by atoms with Gasteiger partial charge in [0.15, 0.2) is 0 Å². The average molecular weight is 449 g/mol. The van der Waals surface area contributed by atoms with Crippen LogP contribution in [0.3, 0.4) is 0 Å². The minimum atomic E-state index is -0.0816. The van der Waals surface area contributed by atoms with Gasteiger partial charge in [-0.15, -0.1) is 21.5 Å². The van der Waals surface area contributed by atoms with Gasteiger partial charge in [0, 0.05) is 5.69 Å². The number of para-hydroxylation sites is 2. The second-order valence-electron chi connectivity index (χ2n) is 6.59. The number of nitrogens with one attached hydrogen (secondary N) is 1. The fourth-order valence-corrected chi connectivity index (χ4v) is 4.62. The fourth-order valence-electron chi connectivity index (χ4n) is 2.95. The van der Waals surface area contributed by atoms with Crippen molar-refractivity contribution in [2.24, 2.45) is 0 Å². The average Bonchev–Trinajstić information content (AvgIpc) is 3.20. The molecule has 1 N–H and O–H groups in total. The highest BCUT2D eigenvalue weighted by molar-refractivity contribution is 7.99. The van der Waals surface area contributed by atoms with Gasteiger partial charge in [-0.05, 0) is 43.3 Å². The van der Waals surface area contributed by atoms with E-state index in [0.717, 1.165) is 38.3 Å². The number of benzene rings is 2. The molecule has 8 heteroatoms. The topological polar surface area (TPSA) is 77.0 Å². The zero-order valence-corrected chi connectivity index (χ0v) is 18.7. The Morgan fingerprint density at radius 3 is 2.55 bits per heavy atom. The lowest BCUT2D eigenvalue weighted by atomic mass is 10.2. The molecule has 0 atom stereocenters. The van der Waals surface area contributed by atoms with E-state index in [9.17, 15) is 4.79 Å². The number of thioether (sulfide) groups is 1. The van der Waals surface area contributed by atoms with Crippen LogP contribution in [0.5, 0.6) is 5.75 Å².